The van der Waals surface area contributed by atoms with Crippen LogP contribution in [0, 0.1) is 39.9 Å². The Hall–Kier alpha value is -0.0800. The molecule has 2 saturated carbocycles. The smallest absolute Gasteiger partial charge is 0.0573 e. The van der Waals surface area contributed by atoms with Crippen molar-refractivity contribution in [3.63, 3.8) is 0 Å². The predicted molar refractivity (Wildman–Crippen MR) is 116 cm³/mol. The van der Waals surface area contributed by atoms with Gasteiger partial charge in [-0.05, 0) is 84.9 Å². The van der Waals surface area contributed by atoms with E-state index in [1.54, 1.807) is 0 Å². The van der Waals surface area contributed by atoms with Crippen LogP contribution < -0.4 is 0 Å². The third kappa shape index (κ3) is 5.10. The van der Waals surface area contributed by atoms with Gasteiger partial charge >= 0.3 is 0 Å². The first-order valence-electron chi connectivity index (χ1n) is 11.7. The lowest BCUT2D eigenvalue weighted by Crippen LogP contribution is -2.48. The number of rotatable bonds is 4. The zero-order valence-electron chi connectivity index (χ0n) is 19.5. The van der Waals surface area contributed by atoms with Crippen molar-refractivity contribution in [1.29, 1.82) is 0 Å². The van der Waals surface area contributed by atoms with E-state index in [1.165, 1.54) is 38.5 Å². The molecule has 0 radical (unpaired) electrons. The van der Waals surface area contributed by atoms with Gasteiger partial charge in [-0.25, -0.2) is 0 Å². The van der Waals surface area contributed by atoms with Gasteiger partial charge in [0.05, 0.1) is 12.2 Å². The first-order valence-corrected chi connectivity index (χ1v) is 11.7. The molecular weight excluding hydrogens is 332 g/mol. The van der Waals surface area contributed by atoms with Gasteiger partial charge in [0.1, 0.15) is 0 Å². The Morgan fingerprint density at radius 1 is 0.667 bits per heavy atom. The van der Waals surface area contributed by atoms with Crippen LogP contribution in [0.25, 0.3) is 0 Å². The molecule has 2 nitrogen and oxygen atoms in total. The largest absolute Gasteiger partial charge is 0.393 e. The van der Waals surface area contributed by atoms with E-state index in [1.807, 2.05) is 0 Å². The fourth-order valence-electron chi connectivity index (χ4n) is 6.65. The van der Waals surface area contributed by atoms with E-state index >= 15 is 0 Å². The Morgan fingerprint density at radius 2 is 1.04 bits per heavy atom. The maximum Gasteiger partial charge on any atom is 0.0573 e. The van der Waals surface area contributed by atoms with E-state index < -0.39 is 0 Å². The van der Waals surface area contributed by atoms with E-state index in [-0.39, 0.29) is 23.0 Å². The Bertz CT molecular complexity index is 432. The number of aliphatic hydroxyl groups excluding tert-OH is 2. The second-order valence-electron chi connectivity index (χ2n) is 12.4. The van der Waals surface area contributed by atoms with Gasteiger partial charge in [-0.3, -0.25) is 0 Å². The summed E-state index contributed by atoms with van der Waals surface area (Å²) < 4.78 is 0. The van der Waals surface area contributed by atoms with Crippen molar-refractivity contribution in [2.45, 2.75) is 119 Å². The van der Waals surface area contributed by atoms with Crippen LogP contribution in [0.4, 0.5) is 0 Å². The lowest BCUT2D eigenvalue weighted by Gasteiger charge is -2.54. The molecule has 0 heterocycles. The molecule has 0 aromatic heterocycles. The molecule has 2 rings (SSSR count). The average molecular weight is 381 g/mol. The van der Waals surface area contributed by atoms with Crippen LogP contribution in [-0.2, 0) is 0 Å². The molecule has 0 aromatic rings. The lowest BCUT2D eigenvalue weighted by atomic mass is 9.52. The quantitative estimate of drug-likeness (QED) is 0.589. The molecule has 160 valence electrons. The van der Waals surface area contributed by atoms with Crippen LogP contribution in [0.15, 0.2) is 0 Å². The van der Waals surface area contributed by atoms with Gasteiger partial charge in [-0.15, -0.1) is 0 Å². The summed E-state index contributed by atoms with van der Waals surface area (Å²) in [5.74, 6) is 2.21. The molecule has 2 aliphatic rings. The van der Waals surface area contributed by atoms with Crippen LogP contribution in [0.3, 0.4) is 0 Å². The van der Waals surface area contributed by atoms with E-state index in [0.29, 0.717) is 29.1 Å². The molecule has 27 heavy (non-hydrogen) atoms. The summed E-state index contributed by atoms with van der Waals surface area (Å²) in [6, 6.07) is 0. The van der Waals surface area contributed by atoms with Gasteiger partial charge < -0.3 is 10.2 Å². The van der Waals surface area contributed by atoms with E-state index in [2.05, 4.69) is 55.4 Å². The Labute approximate surface area is 169 Å². The Balaban J connectivity index is 2.26. The molecule has 2 N–H and O–H groups in total. The second kappa shape index (κ2) is 8.34. The normalized spacial score (nSPS) is 38.4. The highest BCUT2D eigenvalue weighted by molar-refractivity contribution is 4.99. The van der Waals surface area contributed by atoms with Crippen LogP contribution >= 0.6 is 0 Å². The van der Waals surface area contributed by atoms with Crippen LogP contribution in [-0.4, -0.2) is 22.4 Å². The molecule has 2 heteroatoms. The maximum atomic E-state index is 10.7. The fraction of sp³-hybridized carbons (Fsp3) is 1.00. The monoisotopic (exact) mass is 380 g/mol. The van der Waals surface area contributed by atoms with Gasteiger partial charge in [-0.1, -0.05) is 61.8 Å². The molecule has 2 fully saturated rings. The van der Waals surface area contributed by atoms with Crippen molar-refractivity contribution in [1.82, 2.24) is 0 Å². The number of aliphatic hydroxyl groups is 2. The van der Waals surface area contributed by atoms with Gasteiger partial charge in [-0.2, -0.15) is 0 Å². The second-order valence-corrected chi connectivity index (χ2v) is 12.4. The minimum Gasteiger partial charge on any atom is -0.393 e. The fourth-order valence-corrected chi connectivity index (χ4v) is 6.65. The molecule has 6 unspecified atom stereocenters. The van der Waals surface area contributed by atoms with Crippen LogP contribution in [0.5, 0.6) is 0 Å². The van der Waals surface area contributed by atoms with Crippen molar-refractivity contribution in [2.75, 3.05) is 0 Å². The van der Waals surface area contributed by atoms with Gasteiger partial charge in [0.2, 0.25) is 0 Å². The standard InChI is InChI=1S/C25H48O2/c1-9-14-25(8,17-10-12-21(26)19(15-17)23(2,3)4)18-11-13-22(27)20(16-18)24(5,6)7/h17-22,26-27H,9-16H2,1-8H3. The summed E-state index contributed by atoms with van der Waals surface area (Å²) in [5.41, 5.74) is 0.672. The van der Waals surface area contributed by atoms with Crippen LogP contribution in [0.1, 0.15) is 107 Å². The zero-order chi connectivity index (χ0) is 20.6. The van der Waals surface area contributed by atoms with Crippen molar-refractivity contribution < 1.29 is 10.2 Å². The van der Waals surface area contributed by atoms with Crippen molar-refractivity contribution in [2.24, 2.45) is 39.9 Å². The minimum atomic E-state index is -0.136. The summed E-state index contributed by atoms with van der Waals surface area (Å²) in [5, 5.41) is 21.4. The maximum absolute atomic E-state index is 10.7. The third-order valence-electron chi connectivity index (χ3n) is 8.51. The summed E-state index contributed by atoms with van der Waals surface area (Å²) in [6.07, 6.45) is 8.84. The van der Waals surface area contributed by atoms with Crippen molar-refractivity contribution >= 4 is 0 Å². The Morgan fingerprint density at radius 3 is 1.33 bits per heavy atom. The minimum absolute atomic E-state index is 0.136. The highest BCUT2D eigenvalue weighted by Crippen LogP contribution is 2.56. The summed E-state index contributed by atoms with van der Waals surface area (Å²) in [7, 11) is 0. The summed E-state index contributed by atoms with van der Waals surface area (Å²) in [6.45, 7) is 18.7. The van der Waals surface area contributed by atoms with Gasteiger partial charge in [0.15, 0.2) is 0 Å². The Kier molecular flexibility index (Phi) is 7.17. The van der Waals surface area contributed by atoms with E-state index in [9.17, 15) is 10.2 Å². The topological polar surface area (TPSA) is 40.5 Å². The molecule has 0 bridgehead atoms. The molecule has 0 aromatic carbocycles. The molecule has 0 aliphatic heterocycles. The zero-order valence-corrected chi connectivity index (χ0v) is 19.5. The molecule has 0 saturated heterocycles. The summed E-state index contributed by atoms with van der Waals surface area (Å²) in [4.78, 5) is 0. The van der Waals surface area contributed by atoms with Crippen LogP contribution in [0.2, 0.25) is 0 Å². The average Bonchev–Trinajstić information content (AvgIpc) is 2.53. The molecule has 6 atom stereocenters. The molecular formula is C25H48O2. The highest BCUT2D eigenvalue weighted by Gasteiger charge is 2.49. The first kappa shape index (κ1) is 23.2. The van der Waals surface area contributed by atoms with E-state index in [0.717, 1.165) is 12.8 Å². The predicted octanol–water partition coefficient (Wildman–Crippen LogP) is 6.44. The lowest BCUT2D eigenvalue weighted by molar-refractivity contribution is -0.0845. The molecule has 0 spiro atoms. The molecule has 0 amide bonds. The third-order valence-corrected chi connectivity index (χ3v) is 8.51. The van der Waals surface area contributed by atoms with Gasteiger partial charge in [0.25, 0.3) is 0 Å². The van der Waals surface area contributed by atoms with Crippen molar-refractivity contribution in [3.8, 4) is 0 Å². The summed E-state index contributed by atoms with van der Waals surface area (Å²) >= 11 is 0. The van der Waals surface area contributed by atoms with Gasteiger partial charge in [0, 0.05) is 0 Å². The van der Waals surface area contributed by atoms with E-state index in [4.69, 9.17) is 0 Å². The highest BCUT2D eigenvalue weighted by atomic mass is 16.3. The SMILES string of the molecule is CCCC(C)(C1CCC(O)C(C(C)(C)C)C1)C1CCC(O)C(C(C)(C)C)C1. The van der Waals surface area contributed by atoms with Crippen molar-refractivity contribution in [3.05, 3.63) is 0 Å². The first-order chi connectivity index (χ1) is 12.3. The number of hydrogen-bond donors (Lipinski definition) is 2. The number of hydrogen-bond acceptors (Lipinski definition) is 2. The molecule has 2 aliphatic carbocycles.